The molecule has 0 saturated heterocycles. The molecule has 0 fully saturated rings. The Kier molecular flexibility index (Phi) is 10.1. The zero-order valence-corrected chi connectivity index (χ0v) is 10.2. The van der Waals surface area contributed by atoms with Crippen molar-refractivity contribution in [3.8, 4) is 0 Å². The highest BCUT2D eigenvalue weighted by Crippen LogP contribution is 2.11. The molecule has 0 aromatic heterocycles. The van der Waals surface area contributed by atoms with E-state index in [9.17, 15) is 0 Å². The summed E-state index contributed by atoms with van der Waals surface area (Å²) in [6, 6.07) is 16.7. The average Bonchev–Trinajstić information content (AvgIpc) is 2.21. The third-order valence-electron chi connectivity index (χ3n) is 1.66. The van der Waals surface area contributed by atoms with Gasteiger partial charge in [0.05, 0.1) is 0 Å². The Bertz CT molecular complexity index is 302. The van der Waals surface area contributed by atoms with Gasteiger partial charge in [0.2, 0.25) is 0 Å². The quantitative estimate of drug-likeness (QED) is 0.648. The summed E-state index contributed by atoms with van der Waals surface area (Å²) in [6.07, 6.45) is 0. The molecule has 0 aliphatic heterocycles. The van der Waals surface area contributed by atoms with Crippen LogP contribution in [-0.4, -0.2) is 0 Å². The summed E-state index contributed by atoms with van der Waals surface area (Å²) in [5, 5.41) is 2.62. The fourth-order valence-corrected chi connectivity index (χ4v) is 1.13. The average molecular weight is 250 g/mol. The van der Waals surface area contributed by atoms with Gasteiger partial charge in [-0.15, -0.1) is 24.8 Å². The summed E-state index contributed by atoms with van der Waals surface area (Å²) < 4.78 is 8.17. The summed E-state index contributed by atoms with van der Waals surface area (Å²) in [7, 11) is 1.17. The van der Waals surface area contributed by atoms with Crippen LogP contribution in [0.4, 0.5) is 0 Å². The lowest BCUT2D eigenvalue weighted by atomic mass is 10.1. The first-order chi connectivity index (χ1) is 5.97. The maximum atomic E-state index is 8.17. The zero-order valence-electron chi connectivity index (χ0n) is 7.42. The molecule has 0 bridgehead atoms. The molecule has 0 N–H and O–H groups in total. The van der Waals surface area contributed by atoms with Crippen LogP contribution in [0.2, 0.25) is 0 Å². The molecule has 1 nitrogen and oxygen atoms in total. The first-order valence-corrected chi connectivity index (χ1v) is 4.11. The van der Waals surface area contributed by atoms with Gasteiger partial charge in [-0.1, -0.05) is 53.1 Å². The van der Waals surface area contributed by atoms with Crippen LogP contribution in [0.3, 0.4) is 0 Å². The van der Waals surface area contributed by atoms with Gasteiger partial charge in [-0.2, -0.15) is 0 Å². The van der Waals surface area contributed by atoms with Crippen molar-refractivity contribution in [3.05, 3.63) is 48.5 Å². The molecular weight excluding hydrogens is 238 g/mol. The Morgan fingerprint density at radius 1 is 0.643 bits per heavy atom. The van der Waals surface area contributed by atoms with E-state index < -0.39 is 0 Å². The van der Waals surface area contributed by atoms with Crippen LogP contribution < -0.4 is 0 Å². The SMILES string of the molecule is Cl.Cl.O=[PH2+].c1ccc2ccccc2c1. The standard InChI is InChI=1S/C10H8.2ClH.H2OP/c1-2-6-10-8-4-3-7-9(10)5-1;;;1-2/h1-8H;2*1H;2H2/q;;;+1. The Labute approximate surface area is 98.0 Å². The Balaban J connectivity index is 0. The molecule has 76 valence electrons. The predicted molar refractivity (Wildman–Crippen MR) is 68.8 cm³/mol. The second-order valence-corrected chi connectivity index (χ2v) is 2.35. The van der Waals surface area contributed by atoms with Crippen LogP contribution in [-0.2, 0) is 4.57 Å². The van der Waals surface area contributed by atoms with Crippen molar-refractivity contribution in [2.45, 2.75) is 0 Å². The van der Waals surface area contributed by atoms with E-state index in [0.717, 1.165) is 0 Å². The third-order valence-corrected chi connectivity index (χ3v) is 1.66. The van der Waals surface area contributed by atoms with E-state index in [0.29, 0.717) is 0 Å². The topological polar surface area (TPSA) is 17.1 Å². The van der Waals surface area contributed by atoms with E-state index in [4.69, 9.17) is 4.57 Å². The van der Waals surface area contributed by atoms with Gasteiger partial charge in [0, 0.05) is 0 Å². The molecule has 4 heteroatoms. The number of rotatable bonds is 0. The van der Waals surface area contributed by atoms with Crippen LogP contribution in [0.25, 0.3) is 10.8 Å². The van der Waals surface area contributed by atoms with E-state index in [1.807, 2.05) is 0 Å². The highest BCUT2D eigenvalue weighted by Gasteiger charge is 1.85. The maximum absolute atomic E-state index is 8.17. The van der Waals surface area contributed by atoms with Crippen molar-refractivity contribution in [2.24, 2.45) is 0 Å². The molecule has 0 radical (unpaired) electrons. The van der Waals surface area contributed by atoms with Crippen molar-refractivity contribution in [2.75, 3.05) is 0 Å². The minimum atomic E-state index is 0. The zero-order chi connectivity index (χ0) is 8.81. The van der Waals surface area contributed by atoms with Gasteiger partial charge >= 0.3 is 9.12 Å². The summed E-state index contributed by atoms with van der Waals surface area (Å²) in [6.45, 7) is 0. The molecule has 2 aromatic carbocycles. The van der Waals surface area contributed by atoms with Crippen molar-refractivity contribution in [1.29, 1.82) is 0 Å². The molecule has 1 unspecified atom stereocenters. The van der Waals surface area contributed by atoms with Crippen LogP contribution in [0.1, 0.15) is 0 Å². The Hall–Kier alpha value is -0.620. The van der Waals surface area contributed by atoms with Crippen molar-refractivity contribution >= 4 is 44.7 Å². The predicted octanol–water partition coefficient (Wildman–Crippen LogP) is 3.89. The van der Waals surface area contributed by atoms with Crippen LogP contribution in [0.15, 0.2) is 48.5 Å². The van der Waals surface area contributed by atoms with Gasteiger partial charge in [0.15, 0.2) is 0 Å². The first kappa shape index (κ1) is 15.8. The number of fused-ring (bicyclic) bond motifs is 1. The van der Waals surface area contributed by atoms with Gasteiger partial charge in [-0.05, 0) is 10.8 Å². The minimum Gasteiger partial charge on any atom is -0.147 e. The smallest absolute Gasteiger partial charge is 0.147 e. The lowest BCUT2D eigenvalue weighted by Gasteiger charge is -1.92. The highest BCUT2D eigenvalue weighted by molar-refractivity contribution is 7.00. The van der Waals surface area contributed by atoms with Gasteiger partial charge in [0.25, 0.3) is 0 Å². The second-order valence-electron chi connectivity index (χ2n) is 2.35. The van der Waals surface area contributed by atoms with Crippen molar-refractivity contribution in [1.82, 2.24) is 0 Å². The van der Waals surface area contributed by atoms with Gasteiger partial charge < -0.3 is 0 Å². The molecule has 14 heavy (non-hydrogen) atoms. The van der Waals surface area contributed by atoms with Crippen LogP contribution in [0.5, 0.6) is 0 Å². The molecule has 2 rings (SSSR count). The van der Waals surface area contributed by atoms with Crippen LogP contribution in [0, 0.1) is 0 Å². The van der Waals surface area contributed by atoms with Gasteiger partial charge in [0.1, 0.15) is 0 Å². The summed E-state index contributed by atoms with van der Waals surface area (Å²) in [5.74, 6) is 0. The molecule has 0 aliphatic rings. The second kappa shape index (κ2) is 8.96. The molecule has 0 heterocycles. The Morgan fingerprint density at radius 3 is 1.07 bits per heavy atom. The summed E-state index contributed by atoms with van der Waals surface area (Å²) in [4.78, 5) is 0. The fourth-order valence-electron chi connectivity index (χ4n) is 1.13. The highest BCUT2D eigenvalue weighted by atomic mass is 35.5. The molecule has 0 saturated carbocycles. The largest absolute Gasteiger partial charge is 0.310 e. The number of benzene rings is 2. The van der Waals surface area contributed by atoms with Crippen molar-refractivity contribution < 1.29 is 4.57 Å². The number of halogens is 2. The minimum absolute atomic E-state index is 0. The third kappa shape index (κ3) is 4.06. The molecule has 0 amide bonds. The van der Waals surface area contributed by atoms with E-state index >= 15 is 0 Å². The number of hydrogen-bond donors (Lipinski definition) is 0. The van der Waals surface area contributed by atoms with E-state index in [1.165, 1.54) is 19.9 Å². The maximum Gasteiger partial charge on any atom is 0.310 e. The monoisotopic (exact) mass is 249 g/mol. The molecular formula is C10H12Cl2OP+. The lowest BCUT2D eigenvalue weighted by molar-refractivity contribution is 0.607. The van der Waals surface area contributed by atoms with E-state index in [2.05, 4.69) is 48.5 Å². The lowest BCUT2D eigenvalue weighted by Crippen LogP contribution is -1.67. The molecule has 1 atom stereocenters. The molecule has 0 spiro atoms. The van der Waals surface area contributed by atoms with E-state index in [1.54, 1.807) is 0 Å². The fraction of sp³-hybridized carbons (Fsp3) is 0. The Morgan fingerprint density at radius 2 is 0.857 bits per heavy atom. The normalized spacial score (nSPS) is 7.43. The van der Waals surface area contributed by atoms with Gasteiger partial charge in [-0.3, -0.25) is 0 Å². The first-order valence-electron chi connectivity index (χ1n) is 3.64. The number of hydrogen-bond acceptors (Lipinski definition) is 1. The van der Waals surface area contributed by atoms with E-state index in [-0.39, 0.29) is 24.8 Å². The van der Waals surface area contributed by atoms with Crippen molar-refractivity contribution in [3.63, 3.8) is 0 Å². The van der Waals surface area contributed by atoms with Crippen LogP contribution >= 0.6 is 33.9 Å². The molecule has 2 aromatic rings. The summed E-state index contributed by atoms with van der Waals surface area (Å²) in [5.41, 5.74) is 0. The van der Waals surface area contributed by atoms with Gasteiger partial charge in [-0.25, -0.2) is 0 Å². The molecule has 0 aliphatic carbocycles. The summed E-state index contributed by atoms with van der Waals surface area (Å²) >= 11 is 0.